The van der Waals surface area contributed by atoms with Gasteiger partial charge in [0.25, 0.3) is 0 Å². The lowest BCUT2D eigenvalue weighted by Crippen LogP contribution is -2.30. The van der Waals surface area contributed by atoms with Crippen LogP contribution < -0.4 is 4.90 Å². The fourth-order valence-electron chi connectivity index (χ4n) is 7.30. The number of hydrogen-bond acceptors (Lipinski definition) is 1. The first kappa shape index (κ1) is 27.9. The van der Waals surface area contributed by atoms with Crippen molar-refractivity contribution < 1.29 is 0 Å². The quantitative estimate of drug-likeness (QED) is 0.126. The molecule has 0 atom stereocenters. The summed E-state index contributed by atoms with van der Waals surface area (Å²) >= 11 is 0. The minimum atomic E-state index is 0.926. The van der Waals surface area contributed by atoms with Gasteiger partial charge in [-0.15, -0.1) is 0 Å². The zero-order valence-corrected chi connectivity index (χ0v) is 25.9. The third-order valence-corrected chi connectivity index (χ3v) is 9.23. The molecule has 0 aliphatic carbocycles. The van der Waals surface area contributed by atoms with Gasteiger partial charge in [0, 0.05) is 19.3 Å². The van der Waals surface area contributed by atoms with Crippen molar-refractivity contribution in [3.8, 4) is 0 Å². The fourth-order valence-corrected chi connectivity index (χ4v) is 7.30. The topological polar surface area (TPSA) is 3.24 Å². The van der Waals surface area contributed by atoms with E-state index in [0.29, 0.717) is 0 Å². The van der Waals surface area contributed by atoms with Crippen LogP contribution >= 0.6 is 0 Å². The lowest BCUT2D eigenvalue weighted by atomic mass is 9.78. The maximum atomic E-state index is 3.98. The summed E-state index contributed by atoms with van der Waals surface area (Å²) in [6, 6.07) is 35.5. The first-order valence-corrected chi connectivity index (χ1v) is 16.0. The molecular weight excluding hydrogens is 555 g/mol. The Labute approximate surface area is 272 Å². The Morgan fingerprint density at radius 1 is 0.478 bits per heavy atom. The number of hydrogen-bond donors (Lipinski definition) is 0. The summed E-state index contributed by atoms with van der Waals surface area (Å²) in [5.74, 6) is 0. The summed E-state index contributed by atoms with van der Waals surface area (Å²) in [5.41, 5.74) is 19.7. The van der Waals surface area contributed by atoms with E-state index in [1.807, 2.05) is 18.2 Å². The Morgan fingerprint density at radius 2 is 0.848 bits per heavy atom. The highest BCUT2D eigenvalue weighted by molar-refractivity contribution is 5.96. The van der Waals surface area contributed by atoms with E-state index in [-0.39, 0.29) is 0 Å². The van der Waals surface area contributed by atoms with Gasteiger partial charge in [-0.25, -0.2) is 0 Å². The molecule has 5 aromatic rings. The Hall–Kier alpha value is -5.66. The Kier molecular flexibility index (Phi) is 7.08. The van der Waals surface area contributed by atoms with Crippen LogP contribution in [0.4, 0.5) is 17.1 Å². The van der Waals surface area contributed by atoms with Crippen LogP contribution in [-0.2, 0) is 19.3 Å². The number of anilines is 3. The lowest BCUT2D eigenvalue weighted by molar-refractivity contribution is 0.954. The summed E-state index contributed by atoms with van der Waals surface area (Å²) in [6.07, 6.45) is 21.8. The Bertz CT molecular complexity index is 2010. The van der Waals surface area contributed by atoms with Gasteiger partial charge in [0.2, 0.25) is 0 Å². The van der Waals surface area contributed by atoms with Crippen molar-refractivity contribution in [1.29, 1.82) is 0 Å². The van der Waals surface area contributed by atoms with Crippen LogP contribution in [-0.4, -0.2) is 0 Å². The second-order valence-electron chi connectivity index (χ2n) is 12.4. The minimum Gasteiger partial charge on any atom is -0.309 e. The first-order chi connectivity index (χ1) is 22.7. The molecule has 8 rings (SSSR count). The summed E-state index contributed by atoms with van der Waals surface area (Å²) in [4.78, 5) is 2.60. The number of nitrogens with zero attached hydrogens (tertiary/aromatic N) is 1. The molecule has 46 heavy (non-hydrogen) atoms. The van der Waals surface area contributed by atoms with Crippen LogP contribution in [0.25, 0.3) is 30.4 Å². The monoisotopic (exact) mass is 589 g/mol. The molecule has 220 valence electrons. The molecule has 3 heterocycles. The highest BCUT2D eigenvalue weighted by Crippen LogP contribution is 2.56. The summed E-state index contributed by atoms with van der Waals surface area (Å²) < 4.78 is 0. The standard InChI is InChI=1S/C45H35N/c1-3-11-31(4-2)16-19-34-22-37-28-39-24-35(20-17-32-12-7-5-8-13-32)26-41-30-42-27-36(21-18-33-14-9-6-10-15-33)25-40-29-38(23-34)43(37)46(44(39)41)45(40)42/h3-27H,1-2,28-30H2/b19-16+,20-17+,21-18+,31-11+. The molecule has 0 amide bonds. The van der Waals surface area contributed by atoms with Crippen molar-refractivity contribution in [2.45, 2.75) is 19.3 Å². The number of allylic oxidation sites excluding steroid dienone is 5. The van der Waals surface area contributed by atoms with Crippen LogP contribution in [0.15, 0.2) is 140 Å². The minimum absolute atomic E-state index is 0.926. The maximum absolute atomic E-state index is 3.98. The molecule has 0 fully saturated rings. The molecule has 0 saturated carbocycles. The molecule has 0 saturated heterocycles. The summed E-state index contributed by atoms with van der Waals surface area (Å²) in [7, 11) is 0. The second-order valence-corrected chi connectivity index (χ2v) is 12.4. The van der Waals surface area contributed by atoms with Gasteiger partial charge in [-0.3, -0.25) is 0 Å². The van der Waals surface area contributed by atoms with Crippen molar-refractivity contribution in [2.75, 3.05) is 4.90 Å². The Balaban J connectivity index is 1.28. The van der Waals surface area contributed by atoms with Crippen LogP contribution in [0.1, 0.15) is 61.2 Å². The van der Waals surface area contributed by atoms with Crippen molar-refractivity contribution >= 4 is 47.4 Å². The van der Waals surface area contributed by atoms with Crippen LogP contribution in [0.3, 0.4) is 0 Å². The van der Waals surface area contributed by atoms with E-state index in [4.69, 9.17) is 0 Å². The van der Waals surface area contributed by atoms with Gasteiger partial charge in [0.15, 0.2) is 0 Å². The molecule has 1 nitrogen and oxygen atoms in total. The summed E-state index contributed by atoms with van der Waals surface area (Å²) in [5, 5.41) is 0. The molecule has 0 aromatic heterocycles. The van der Waals surface area contributed by atoms with E-state index >= 15 is 0 Å². The van der Waals surface area contributed by atoms with Crippen LogP contribution in [0, 0.1) is 0 Å². The van der Waals surface area contributed by atoms with Gasteiger partial charge >= 0.3 is 0 Å². The SMILES string of the molecule is C=C/C=C(C=C)/C=C/c1cc2c3c(c1)Cc1cc(/C=C/c4ccccc4)cc4c1N3c1c(cc(/C=C/c3ccccc3)cc1C4)C2. The van der Waals surface area contributed by atoms with E-state index < -0.39 is 0 Å². The molecule has 0 spiro atoms. The zero-order chi connectivity index (χ0) is 31.0. The van der Waals surface area contributed by atoms with Gasteiger partial charge in [-0.1, -0.05) is 129 Å². The van der Waals surface area contributed by atoms with Crippen molar-refractivity contribution in [3.05, 3.63) is 201 Å². The molecule has 5 aromatic carbocycles. The normalized spacial score (nSPS) is 14.3. The smallest absolute Gasteiger partial charge is 0.0533 e. The predicted molar refractivity (Wildman–Crippen MR) is 198 cm³/mol. The third kappa shape index (κ3) is 5.10. The van der Waals surface area contributed by atoms with Crippen molar-refractivity contribution in [3.63, 3.8) is 0 Å². The fraction of sp³-hybridized carbons (Fsp3) is 0.0667. The number of benzene rings is 5. The van der Waals surface area contributed by atoms with E-state index in [1.54, 1.807) is 0 Å². The predicted octanol–water partition coefficient (Wildman–Crippen LogP) is 11.5. The average Bonchev–Trinajstić information content (AvgIpc) is 3.08. The molecular formula is C45H35N. The molecule has 1 heteroatoms. The van der Waals surface area contributed by atoms with Crippen molar-refractivity contribution in [2.24, 2.45) is 0 Å². The maximum Gasteiger partial charge on any atom is 0.0533 e. The second kappa shape index (κ2) is 11.7. The third-order valence-electron chi connectivity index (χ3n) is 9.23. The first-order valence-electron chi connectivity index (χ1n) is 16.0. The molecule has 0 bridgehead atoms. The van der Waals surface area contributed by atoms with Crippen molar-refractivity contribution in [1.82, 2.24) is 0 Å². The number of rotatable bonds is 8. The van der Waals surface area contributed by atoms with Gasteiger partial charge < -0.3 is 4.90 Å². The van der Waals surface area contributed by atoms with Gasteiger partial charge in [-0.2, -0.15) is 0 Å². The average molecular weight is 590 g/mol. The largest absolute Gasteiger partial charge is 0.309 e. The van der Waals surface area contributed by atoms with Crippen LogP contribution in [0.5, 0.6) is 0 Å². The van der Waals surface area contributed by atoms with E-state index in [1.165, 1.54) is 78.3 Å². The highest BCUT2D eigenvalue weighted by atomic mass is 15.2. The van der Waals surface area contributed by atoms with Gasteiger partial charge in [0.1, 0.15) is 0 Å². The van der Waals surface area contributed by atoms with E-state index in [0.717, 1.165) is 24.8 Å². The highest BCUT2D eigenvalue weighted by Gasteiger charge is 2.37. The van der Waals surface area contributed by atoms with E-state index in [9.17, 15) is 0 Å². The lowest BCUT2D eigenvalue weighted by Gasteiger charge is -2.44. The molecule has 3 aliphatic heterocycles. The summed E-state index contributed by atoms with van der Waals surface area (Å²) in [6.45, 7) is 7.84. The Morgan fingerprint density at radius 3 is 1.22 bits per heavy atom. The zero-order valence-electron chi connectivity index (χ0n) is 25.9. The van der Waals surface area contributed by atoms with Gasteiger partial charge in [-0.05, 0) is 103 Å². The molecule has 0 N–H and O–H groups in total. The van der Waals surface area contributed by atoms with E-state index in [2.05, 4.69) is 152 Å². The van der Waals surface area contributed by atoms with Crippen LogP contribution in [0.2, 0.25) is 0 Å². The molecule has 3 aliphatic rings. The molecule has 0 unspecified atom stereocenters. The molecule has 0 radical (unpaired) electrons. The van der Waals surface area contributed by atoms with Gasteiger partial charge in [0.05, 0.1) is 17.1 Å².